The number of nitrogens with zero attached hydrogens (tertiary/aromatic N) is 1. The number of cyclic esters (lactones) is 1. The van der Waals surface area contributed by atoms with Crippen LogP contribution in [0.5, 0.6) is 0 Å². The molecule has 4 rings (SSSR count). The van der Waals surface area contributed by atoms with Crippen molar-refractivity contribution in [2.75, 3.05) is 7.05 Å². The second-order valence-electron chi connectivity index (χ2n) is 10.6. The molecule has 0 saturated carbocycles. The fraction of sp³-hybridized carbons (Fsp3) is 0.607. The number of amides is 4. The molecule has 212 valence electrons. The summed E-state index contributed by atoms with van der Waals surface area (Å²) in [7, 11) is 1.70. The Morgan fingerprint density at radius 3 is 2.33 bits per heavy atom. The minimum Gasteiger partial charge on any atom is -0.452 e. The van der Waals surface area contributed by atoms with Gasteiger partial charge in [-0.15, -0.1) is 0 Å². The van der Waals surface area contributed by atoms with E-state index in [1.165, 1.54) is 0 Å². The van der Waals surface area contributed by atoms with Crippen LogP contribution in [0, 0.1) is 0 Å². The average Bonchev–Trinajstić information content (AvgIpc) is 3.56. The number of carbonyl (C=O) groups excluding carboxylic acids is 5. The third-order valence-electron chi connectivity index (χ3n) is 7.88. The standard InChI is InChI=1S/C28H39N5O6/c1-17(29-2)25(35)32-21-9-4-3-8-20-10-11-22(33(20)28(21)38)26(36)30-15-18-6-5-7-19(14-18)16-31-27(37)23-12-13-24(34)39-23/h5-7,14,17,20-23,29H,3-4,8-13,15-16H2,1-2H3,(H,30,36)(H,31,37)(H,32,35)/t17?,20-,21-,22-,23?/m0/s1. The monoisotopic (exact) mass is 541 g/mol. The van der Waals surface area contributed by atoms with Crippen LogP contribution in [0.3, 0.4) is 0 Å². The Labute approximate surface area is 228 Å². The highest BCUT2D eigenvalue weighted by atomic mass is 16.6. The molecule has 1 aromatic carbocycles. The number of benzene rings is 1. The van der Waals surface area contributed by atoms with E-state index < -0.39 is 24.2 Å². The molecule has 1 aromatic rings. The van der Waals surface area contributed by atoms with Crippen molar-refractivity contribution in [1.29, 1.82) is 0 Å². The summed E-state index contributed by atoms with van der Waals surface area (Å²) in [5, 5.41) is 11.6. The van der Waals surface area contributed by atoms with Crippen molar-refractivity contribution in [3.05, 3.63) is 35.4 Å². The first kappa shape index (κ1) is 28.5. The predicted octanol–water partition coefficient (Wildman–Crippen LogP) is 0.651. The van der Waals surface area contributed by atoms with Crippen LogP contribution in [0.25, 0.3) is 0 Å². The molecule has 0 radical (unpaired) electrons. The predicted molar refractivity (Wildman–Crippen MR) is 142 cm³/mol. The Balaban J connectivity index is 1.34. The molecule has 39 heavy (non-hydrogen) atoms. The van der Waals surface area contributed by atoms with Gasteiger partial charge in [0, 0.05) is 32.0 Å². The van der Waals surface area contributed by atoms with Crippen LogP contribution in [-0.4, -0.2) is 71.8 Å². The fourth-order valence-corrected chi connectivity index (χ4v) is 5.52. The van der Waals surface area contributed by atoms with Crippen molar-refractivity contribution in [3.8, 4) is 0 Å². The zero-order chi connectivity index (χ0) is 27.9. The van der Waals surface area contributed by atoms with Gasteiger partial charge in [0.15, 0.2) is 6.10 Å². The number of nitrogens with one attached hydrogen (secondary N) is 4. The molecular formula is C28H39N5O6. The van der Waals surface area contributed by atoms with E-state index in [2.05, 4.69) is 21.3 Å². The van der Waals surface area contributed by atoms with E-state index in [1.807, 2.05) is 24.3 Å². The maximum atomic E-state index is 13.5. The summed E-state index contributed by atoms with van der Waals surface area (Å²) in [6, 6.07) is 5.89. The Morgan fingerprint density at radius 2 is 1.67 bits per heavy atom. The molecule has 2 unspecified atom stereocenters. The number of hydrogen-bond acceptors (Lipinski definition) is 7. The normalized spacial score (nSPS) is 25.6. The van der Waals surface area contributed by atoms with Crippen LogP contribution < -0.4 is 21.3 Å². The van der Waals surface area contributed by atoms with Crippen molar-refractivity contribution in [2.24, 2.45) is 0 Å². The summed E-state index contributed by atoms with van der Waals surface area (Å²) in [6.07, 6.45) is 4.49. The maximum Gasteiger partial charge on any atom is 0.306 e. The summed E-state index contributed by atoms with van der Waals surface area (Å²) >= 11 is 0. The SMILES string of the molecule is CNC(C)C(=O)N[C@H]1CCCC[C@H]2CC[C@@H](C(=O)NCc3cccc(CNC(=O)C4CCC(=O)O4)c3)N2C1=O. The van der Waals surface area contributed by atoms with Crippen molar-refractivity contribution < 1.29 is 28.7 Å². The smallest absolute Gasteiger partial charge is 0.306 e. The lowest BCUT2D eigenvalue weighted by Crippen LogP contribution is -2.57. The number of fused-ring (bicyclic) bond motifs is 1. The quantitative estimate of drug-likeness (QED) is 0.336. The molecule has 0 aliphatic carbocycles. The van der Waals surface area contributed by atoms with E-state index in [0.717, 1.165) is 36.8 Å². The van der Waals surface area contributed by atoms with Crippen LogP contribution >= 0.6 is 0 Å². The Kier molecular flexibility index (Phi) is 9.55. The van der Waals surface area contributed by atoms with E-state index in [1.54, 1.807) is 18.9 Å². The number of carbonyl (C=O) groups is 5. The van der Waals surface area contributed by atoms with Crippen LogP contribution in [-0.2, 0) is 41.8 Å². The molecule has 0 bridgehead atoms. The van der Waals surface area contributed by atoms with Crippen molar-refractivity contribution >= 4 is 29.6 Å². The van der Waals surface area contributed by atoms with Crippen molar-refractivity contribution in [3.63, 3.8) is 0 Å². The second kappa shape index (κ2) is 13.1. The summed E-state index contributed by atoms with van der Waals surface area (Å²) in [6.45, 7) is 2.30. The number of esters is 1. The molecule has 3 aliphatic rings. The van der Waals surface area contributed by atoms with Gasteiger partial charge in [-0.25, -0.2) is 0 Å². The highest BCUT2D eigenvalue weighted by Gasteiger charge is 2.43. The first-order valence-electron chi connectivity index (χ1n) is 13.9. The molecule has 3 saturated heterocycles. The van der Waals surface area contributed by atoms with Gasteiger partial charge in [0.2, 0.25) is 17.7 Å². The Morgan fingerprint density at radius 1 is 0.974 bits per heavy atom. The summed E-state index contributed by atoms with van der Waals surface area (Å²) in [4.78, 5) is 64.5. The molecule has 3 fully saturated rings. The van der Waals surface area contributed by atoms with Crippen LogP contribution in [0.2, 0.25) is 0 Å². The van der Waals surface area contributed by atoms with Gasteiger partial charge in [-0.2, -0.15) is 0 Å². The van der Waals surface area contributed by atoms with Gasteiger partial charge in [-0.1, -0.05) is 37.1 Å². The van der Waals surface area contributed by atoms with Gasteiger partial charge in [0.05, 0.1) is 6.04 Å². The summed E-state index contributed by atoms with van der Waals surface area (Å²) < 4.78 is 5.00. The van der Waals surface area contributed by atoms with Gasteiger partial charge in [-0.05, 0) is 50.8 Å². The Hall–Kier alpha value is -3.47. The molecule has 4 N–H and O–H groups in total. The summed E-state index contributed by atoms with van der Waals surface area (Å²) in [5.74, 6) is -1.29. The number of ether oxygens (including phenoxy) is 1. The molecular weight excluding hydrogens is 502 g/mol. The second-order valence-corrected chi connectivity index (χ2v) is 10.6. The maximum absolute atomic E-state index is 13.5. The molecule has 11 nitrogen and oxygen atoms in total. The average molecular weight is 542 g/mol. The van der Waals surface area contributed by atoms with Gasteiger partial charge in [0.1, 0.15) is 12.1 Å². The van der Waals surface area contributed by atoms with Crippen LogP contribution in [0.4, 0.5) is 0 Å². The molecule has 4 amide bonds. The fourth-order valence-electron chi connectivity index (χ4n) is 5.52. The number of rotatable bonds is 9. The molecule has 3 heterocycles. The van der Waals surface area contributed by atoms with Crippen molar-refractivity contribution in [1.82, 2.24) is 26.2 Å². The minimum absolute atomic E-state index is 0.000700. The van der Waals surface area contributed by atoms with Crippen LogP contribution in [0.15, 0.2) is 24.3 Å². The molecule has 11 heteroatoms. The van der Waals surface area contributed by atoms with Gasteiger partial charge < -0.3 is 30.9 Å². The molecule has 0 spiro atoms. The number of hydrogen-bond donors (Lipinski definition) is 4. The molecule has 5 atom stereocenters. The van der Waals surface area contributed by atoms with E-state index in [4.69, 9.17) is 4.74 Å². The minimum atomic E-state index is -0.735. The number of likely N-dealkylation sites (N-methyl/N-ethyl adjacent to an activating group) is 1. The third-order valence-corrected chi connectivity index (χ3v) is 7.88. The van der Waals surface area contributed by atoms with E-state index in [9.17, 15) is 24.0 Å². The zero-order valence-electron chi connectivity index (χ0n) is 22.7. The van der Waals surface area contributed by atoms with E-state index in [0.29, 0.717) is 19.3 Å². The van der Waals surface area contributed by atoms with Gasteiger partial charge in [0.25, 0.3) is 5.91 Å². The highest BCUT2D eigenvalue weighted by Crippen LogP contribution is 2.31. The molecule has 0 aromatic heterocycles. The van der Waals surface area contributed by atoms with Gasteiger partial charge in [-0.3, -0.25) is 24.0 Å². The Bertz CT molecular complexity index is 1090. The van der Waals surface area contributed by atoms with Crippen molar-refractivity contribution in [2.45, 2.75) is 102 Å². The first-order valence-corrected chi connectivity index (χ1v) is 13.9. The topological polar surface area (TPSA) is 146 Å². The van der Waals surface area contributed by atoms with Crippen LogP contribution in [0.1, 0.15) is 69.4 Å². The lowest BCUT2D eigenvalue weighted by molar-refractivity contribution is -0.148. The lowest BCUT2D eigenvalue weighted by atomic mass is 9.98. The van der Waals surface area contributed by atoms with Gasteiger partial charge >= 0.3 is 5.97 Å². The zero-order valence-corrected chi connectivity index (χ0v) is 22.7. The third kappa shape index (κ3) is 7.14. The largest absolute Gasteiger partial charge is 0.452 e. The molecule has 3 aliphatic heterocycles. The highest BCUT2D eigenvalue weighted by molar-refractivity contribution is 5.93. The van der Waals surface area contributed by atoms with E-state index in [-0.39, 0.29) is 55.2 Å². The van der Waals surface area contributed by atoms with E-state index >= 15 is 0 Å². The summed E-state index contributed by atoms with van der Waals surface area (Å²) in [5.41, 5.74) is 1.72. The lowest BCUT2D eigenvalue weighted by Gasteiger charge is -2.35. The first-order chi connectivity index (χ1) is 18.8.